The molecule has 0 aromatic rings. The summed E-state index contributed by atoms with van der Waals surface area (Å²) in [5, 5.41) is 8.64. The molecular weight excluding hydrogens is 296 g/mol. The van der Waals surface area contributed by atoms with Crippen LogP contribution in [0.3, 0.4) is 0 Å². The standard InChI is InChI=1S/C17H32O4Si/c1-11(2)17(21-16(20)10-9-15(18)19)22(12(3)4,13(5)6)14(7)8/h9-14,17H,1-8H3,(H,18,19)/b10-9-. The highest BCUT2D eigenvalue weighted by Gasteiger charge is 2.52. The summed E-state index contributed by atoms with van der Waals surface area (Å²) in [5.74, 6) is -1.49. The van der Waals surface area contributed by atoms with Crippen molar-refractivity contribution in [3.8, 4) is 0 Å². The fourth-order valence-electron chi connectivity index (χ4n) is 4.10. The molecule has 0 aliphatic heterocycles. The van der Waals surface area contributed by atoms with Crippen molar-refractivity contribution in [2.75, 3.05) is 0 Å². The fourth-order valence-corrected chi connectivity index (χ4v) is 11.6. The number of carboxylic acid groups (broad SMARTS) is 1. The second-order valence-electron chi connectivity index (χ2n) is 7.24. The minimum absolute atomic E-state index is 0.126. The van der Waals surface area contributed by atoms with Crippen LogP contribution in [0.1, 0.15) is 55.4 Å². The Morgan fingerprint density at radius 3 is 1.55 bits per heavy atom. The van der Waals surface area contributed by atoms with E-state index in [0.29, 0.717) is 16.6 Å². The van der Waals surface area contributed by atoms with Crippen molar-refractivity contribution in [3.05, 3.63) is 12.2 Å². The topological polar surface area (TPSA) is 63.6 Å². The molecule has 0 aromatic carbocycles. The molecule has 0 aromatic heterocycles. The highest BCUT2D eigenvalue weighted by molar-refractivity contribution is 6.84. The zero-order valence-electron chi connectivity index (χ0n) is 15.2. The van der Waals surface area contributed by atoms with Crippen molar-refractivity contribution in [2.24, 2.45) is 5.92 Å². The zero-order chi connectivity index (χ0) is 17.7. The zero-order valence-corrected chi connectivity index (χ0v) is 16.2. The minimum atomic E-state index is -1.96. The van der Waals surface area contributed by atoms with E-state index in [1.54, 1.807) is 0 Å². The number of aliphatic carboxylic acids is 1. The average Bonchev–Trinajstić information content (AvgIpc) is 2.34. The first kappa shape index (κ1) is 20.9. The summed E-state index contributed by atoms with van der Waals surface area (Å²) in [7, 11) is -1.96. The third kappa shape index (κ3) is 4.70. The summed E-state index contributed by atoms with van der Waals surface area (Å²) in [6, 6.07) is 0. The predicted octanol–water partition coefficient (Wildman–Crippen LogP) is 4.41. The smallest absolute Gasteiger partial charge is 0.330 e. The van der Waals surface area contributed by atoms with Crippen LogP contribution in [0.4, 0.5) is 0 Å². The van der Waals surface area contributed by atoms with E-state index in [-0.39, 0.29) is 11.6 Å². The molecule has 1 N–H and O–H groups in total. The lowest BCUT2D eigenvalue weighted by atomic mass is 10.2. The van der Waals surface area contributed by atoms with Crippen LogP contribution in [0.2, 0.25) is 16.6 Å². The molecule has 5 heteroatoms. The molecule has 1 unspecified atom stereocenters. The third-order valence-electron chi connectivity index (χ3n) is 4.70. The molecule has 0 aliphatic carbocycles. The molecule has 0 heterocycles. The van der Waals surface area contributed by atoms with Gasteiger partial charge in [-0.1, -0.05) is 55.4 Å². The van der Waals surface area contributed by atoms with Gasteiger partial charge < -0.3 is 9.84 Å². The van der Waals surface area contributed by atoms with E-state index < -0.39 is 20.0 Å². The van der Waals surface area contributed by atoms with Crippen molar-refractivity contribution >= 4 is 20.0 Å². The number of carboxylic acids is 1. The molecule has 0 saturated carbocycles. The van der Waals surface area contributed by atoms with Gasteiger partial charge in [-0.3, -0.25) is 0 Å². The monoisotopic (exact) mass is 328 g/mol. The van der Waals surface area contributed by atoms with Crippen molar-refractivity contribution in [3.63, 3.8) is 0 Å². The van der Waals surface area contributed by atoms with Gasteiger partial charge in [0.1, 0.15) is 8.07 Å². The maximum Gasteiger partial charge on any atom is 0.330 e. The van der Waals surface area contributed by atoms with Crippen molar-refractivity contribution in [1.82, 2.24) is 0 Å². The summed E-state index contributed by atoms with van der Waals surface area (Å²) < 4.78 is 5.78. The summed E-state index contributed by atoms with van der Waals surface area (Å²) >= 11 is 0. The largest absolute Gasteiger partial charge is 0.478 e. The molecule has 0 radical (unpaired) electrons. The van der Waals surface area contributed by atoms with Crippen molar-refractivity contribution in [1.29, 1.82) is 0 Å². The average molecular weight is 329 g/mol. The molecule has 0 fully saturated rings. The Bertz CT molecular complexity index is 389. The molecule has 0 aliphatic rings. The van der Waals surface area contributed by atoms with Crippen LogP contribution in [-0.4, -0.2) is 30.8 Å². The number of carbonyl (C=O) groups is 2. The van der Waals surface area contributed by atoms with E-state index in [2.05, 4.69) is 55.4 Å². The lowest BCUT2D eigenvalue weighted by molar-refractivity contribution is -0.142. The Labute approximate surface area is 136 Å². The molecule has 1 atom stereocenters. The van der Waals surface area contributed by atoms with Gasteiger partial charge in [-0.25, -0.2) is 9.59 Å². The Morgan fingerprint density at radius 2 is 1.27 bits per heavy atom. The second kappa shape index (κ2) is 8.51. The number of carbonyl (C=O) groups excluding carboxylic acids is 1. The van der Waals surface area contributed by atoms with E-state index in [1.165, 1.54) is 0 Å². The Morgan fingerprint density at radius 1 is 0.864 bits per heavy atom. The fraction of sp³-hybridized carbons (Fsp3) is 0.765. The van der Waals surface area contributed by atoms with E-state index in [0.717, 1.165) is 12.2 Å². The normalized spacial score (nSPS) is 14.4. The van der Waals surface area contributed by atoms with Crippen LogP contribution in [0.5, 0.6) is 0 Å². The van der Waals surface area contributed by atoms with Gasteiger partial charge in [0.05, 0.1) is 5.73 Å². The maximum atomic E-state index is 12.0. The number of hydrogen-bond donors (Lipinski definition) is 1. The lowest BCUT2D eigenvalue weighted by Gasteiger charge is -2.49. The van der Waals surface area contributed by atoms with Gasteiger partial charge in [0.2, 0.25) is 0 Å². The molecule has 22 heavy (non-hydrogen) atoms. The van der Waals surface area contributed by atoms with Gasteiger partial charge >= 0.3 is 11.9 Å². The summed E-state index contributed by atoms with van der Waals surface area (Å²) in [5.41, 5.74) is 1.28. The van der Waals surface area contributed by atoms with Gasteiger partial charge in [-0.05, 0) is 22.5 Å². The number of esters is 1. The lowest BCUT2D eigenvalue weighted by Crippen LogP contribution is -2.58. The van der Waals surface area contributed by atoms with Gasteiger partial charge in [-0.2, -0.15) is 0 Å². The third-order valence-corrected chi connectivity index (χ3v) is 12.5. The van der Waals surface area contributed by atoms with Gasteiger partial charge in [0.25, 0.3) is 0 Å². The van der Waals surface area contributed by atoms with E-state index in [4.69, 9.17) is 9.84 Å². The number of hydrogen-bond acceptors (Lipinski definition) is 3. The van der Waals surface area contributed by atoms with Crippen molar-refractivity contribution in [2.45, 2.75) is 77.7 Å². The van der Waals surface area contributed by atoms with Gasteiger partial charge in [0.15, 0.2) is 0 Å². The highest BCUT2D eigenvalue weighted by Crippen LogP contribution is 2.46. The van der Waals surface area contributed by atoms with E-state index >= 15 is 0 Å². The van der Waals surface area contributed by atoms with Crippen LogP contribution in [-0.2, 0) is 14.3 Å². The first-order valence-corrected chi connectivity index (χ1v) is 10.4. The van der Waals surface area contributed by atoms with Crippen LogP contribution in [0.25, 0.3) is 0 Å². The van der Waals surface area contributed by atoms with Crippen LogP contribution in [0, 0.1) is 5.92 Å². The van der Waals surface area contributed by atoms with Crippen molar-refractivity contribution < 1.29 is 19.4 Å². The maximum absolute atomic E-state index is 12.0. The molecule has 0 saturated heterocycles. The molecule has 128 valence electrons. The SMILES string of the molecule is CC(C)C(OC(=O)/C=C\C(=O)O)[Si](C(C)C)(C(C)C)C(C)C. The molecule has 0 spiro atoms. The van der Waals surface area contributed by atoms with Gasteiger partial charge in [-0.15, -0.1) is 0 Å². The molecule has 0 amide bonds. The van der Waals surface area contributed by atoms with Crippen LogP contribution in [0.15, 0.2) is 12.2 Å². The van der Waals surface area contributed by atoms with Gasteiger partial charge in [0, 0.05) is 12.2 Å². The highest BCUT2D eigenvalue weighted by atomic mass is 28.3. The quantitative estimate of drug-likeness (QED) is 0.407. The van der Waals surface area contributed by atoms with Crippen LogP contribution >= 0.6 is 0 Å². The molecular formula is C17H32O4Si. The predicted molar refractivity (Wildman–Crippen MR) is 92.5 cm³/mol. The first-order valence-electron chi connectivity index (χ1n) is 8.09. The molecule has 4 nitrogen and oxygen atoms in total. The molecule has 0 rings (SSSR count). The second-order valence-corrected chi connectivity index (χ2v) is 13.3. The summed E-state index contributed by atoms with van der Waals surface area (Å²) in [6.45, 7) is 17.5. The summed E-state index contributed by atoms with van der Waals surface area (Å²) in [6.07, 6.45) is 1.85. The Hall–Kier alpha value is -1.10. The van der Waals surface area contributed by atoms with Crippen LogP contribution < -0.4 is 0 Å². The Balaban J connectivity index is 5.68. The molecule has 0 bridgehead atoms. The van der Waals surface area contributed by atoms with E-state index in [9.17, 15) is 9.59 Å². The minimum Gasteiger partial charge on any atom is -0.478 e. The Kier molecular flexibility index (Phi) is 8.08. The number of rotatable bonds is 8. The number of ether oxygens (including phenoxy) is 1. The first-order chi connectivity index (χ1) is 9.97. The van der Waals surface area contributed by atoms with E-state index in [1.807, 2.05) is 0 Å². The summed E-state index contributed by atoms with van der Waals surface area (Å²) in [4.78, 5) is 22.6.